The maximum Gasteiger partial charge on any atom is 0.143 e. The van der Waals surface area contributed by atoms with Gasteiger partial charge in [-0.2, -0.15) is 0 Å². The van der Waals surface area contributed by atoms with Gasteiger partial charge in [0.1, 0.15) is 23.6 Å². The first-order valence-corrected chi connectivity index (χ1v) is 13.9. The van der Waals surface area contributed by atoms with Gasteiger partial charge in [0, 0.05) is 54.4 Å². The number of fused-ring (bicyclic) bond motifs is 1. The van der Waals surface area contributed by atoms with E-state index in [0.29, 0.717) is 30.1 Å². The summed E-state index contributed by atoms with van der Waals surface area (Å²) < 4.78 is 24.1. The quantitative estimate of drug-likeness (QED) is 0.287. The van der Waals surface area contributed by atoms with Gasteiger partial charge in [-0.25, -0.2) is 14.4 Å². The standard InChI is InChI=1S/C28H32FN7OS/c1-18(19-3-2-4-22(13-19)36-8-7-20(30)16-36)38-34-21-5-6-23(25(29)14-21)26-15-24-27(33-26)31-17-32-28(24)35-9-11-37-12-10-35/h2-6,13-15,17-18,20,34H,7-12,16,30H2,1H3,(H,31,32,33)/t18?,20-/m1/s1. The number of H-pyrrole nitrogens is 1. The molecule has 0 spiro atoms. The second-order valence-corrected chi connectivity index (χ2v) is 11.0. The molecule has 6 rings (SSSR count). The highest BCUT2D eigenvalue weighted by atomic mass is 32.2. The number of hydrogen-bond acceptors (Lipinski definition) is 8. The monoisotopic (exact) mass is 533 g/mol. The lowest BCUT2D eigenvalue weighted by molar-refractivity contribution is 0.122. The van der Waals surface area contributed by atoms with Gasteiger partial charge in [0.25, 0.3) is 0 Å². The topological polar surface area (TPSA) is 95.3 Å². The molecule has 2 saturated heterocycles. The Bertz CT molecular complexity index is 1420. The summed E-state index contributed by atoms with van der Waals surface area (Å²) in [5.74, 6) is 0.546. The minimum atomic E-state index is -0.303. The molecule has 4 N–H and O–H groups in total. The summed E-state index contributed by atoms with van der Waals surface area (Å²) in [6.07, 6.45) is 2.57. The van der Waals surface area contributed by atoms with Crippen molar-refractivity contribution < 1.29 is 9.13 Å². The molecule has 0 bridgehead atoms. The molecule has 4 aromatic rings. The van der Waals surface area contributed by atoms with Crippen LogP contribution in [0.15, 0.2) is 54.9 Å². The predicted molar refractivity (Wildman–Crippen MR) is 153 cm³/mol. The van der Waals surface area contributed by atoms with Crippen LogP contribution >= 0.6 is 11.9 Å². The number of nitrogens with two attached hydrogens (primary N) is 1. The molecule has 8 nitrogen and oxygen atoms in total. The maximum atomic E-state index is 15.3. The fourth-order valence-electron chi connectivity index (χ4n) is 5.12. The smallest absolute Gasteiger partial charge is 0.143 e. The van der Waals surface area contributed by atoms with Crippen molar-refractivity contribution >= 4 is 40.2 Å². The summed E-state index contributed by atoms with van der Waals surface area (Å²) in [7, 11) is 0. The molecule has 2 aliphatic heterocycles. The second-order valence-electron chi connectivity index (χ2n) is 9.89. The van der Waals surface area contributed by atoms with E-state index in [-0.39, 0.29) is 17.1 Å². The summed E-state index contributed by atoms with van der Waals surface area (Å²) >= 11 is 1.56. The van der Waals surface area contributed by atoms with E-state index >= 15 is 4.39 Å². The van der Waals surface area contributed by atoms with Crippen molar-refractivity contribution in [1.29, 1.82) is 0 Å². The fourth-order valence-corrected chi connectivity index (χ4v) is 5.84. The van der Waals surface area contributed by atoms with Gasteiger partial charge < -0.3 is 30.0 Å². The molecule has 1 unspecified atom stereocenters. The molecule has 198 valence electrons. The van der Waals surface area contributed by atoms with E-state index < -0.39 is 0 Å². The molecule has 2 aromatic carbocycles. The third kappa shape index (κ3) is 5.16. The molecule has 2 aliphatic rings. The number of hydrogen-bond donors (Lipinski definition) is 3. The Hall–Kier alpha value is -3.34. The van der Waals surface area contributed by atoms with Crippen LogP contribution < -0.4 is 20.3 Å². The lowest BCUT2D eigenvalue weighted by Crippen LogP contribution is -2.36. The Kier molecular flexibility index (Phi) is 7.10. The molecule has 0 aliphatic carbocycles. The van der Waals surface area contributed by atoms with Gasteiger partial charge in [-0.3, -0.25) is 0 Å². The van der Waals surface area contributed by atoms with E-state index in [4.69, 9.17) is 10.5 Å². The minimum Gasteiger partial charge on any atom is -0.378 e. The minimum absolute atomic E-state index is 0.180. The number of morpholine rings is 1. The summed E-state index contributed by atoms with van der Waals surface area (Å²) in [6.45, 7) is 6.92. The van der Waals surface area contributed by atoms with Gasteiger partial charge in [0.15, 0.2) is 0 Å². The number of aromatic nitrogens is 3. The lowest BCUT2D eigenvalue weighted by Gasteiger charge is -2.27. The fraction of sp³-hybridized carbons (Fsp3) is 0.357. The lowest BCUT2D eigenvalue weighted by atomic mass is 10.1. The average Bonchev–Trinajstić information content (AvgIpc) is 3.58. The molecular formula is C28H32FN7OS. The Labute approximate surface area is 225 Å². The number of nitrogens with zero attached hydrogens (tertiary/aromatic N) is 4. The first-order chi connectivity index (χ1) is 18.5. The van der Waals surface area contributed by atoms with E-state index in [1.807, 2.05) is 12.1 Å². The van der Waals surface area contributed by atoms with Crippen molar-refractivity contribution in [3.05, 3.63) is 66.2 Å². The Morgan fingerprint density at radius 3 is 2.76 bits per heavy atom. The number of benzene rings is 2. The van der Waals surface area contributed by atoms with Gasteiger partial charge in [0.2, 0.25) is 0 Å². The van der Waals surface area contributed by atoms with Gasteiger partial charge in [0.05, 0.1) is 24.3 Å². The first kappa shape index (κ1) is 25.0. The zero-order chi connectivity index (χ0) is 26.1. The van der Waals surface area contributed by atoms with Crippen LogP contribution in [-0.4, -0.2) is 60.4 Å². The molecular weight excluding hydrogens is 501 g/mol. The first-order valence-electron chi connectivity index (χ1n) is 13.0. The molecule has 0 radical (unpaired) electrons. The number of halogens is 1. The molecule has 10 heteroatoms. The van der Waals surface area contributed by atoms with Gasteiger partial charge in [-0.15, -0.1) is 0 Å². The van der Waals surface area contributed by atoms with Crippen molar-refractivity contribution in [2.24, 2.45) is 5.73 Å². The largest absolute Gasteiger partial charge is 0.378 e. The molecule has 0 amide bonds. The third-order valence-corrected chi connectivity index (χ3v) is 8.24. The van der Waals surface area contributed by atoms with Crippen LogP contribution in [0.4, 0.5) is 21.6 Å². The van der Waals surface area contributed by atoms with Crippen molar-refractivity contribution in [2.75, 3.05) is 53.9 Å². The molecule has 2 atom stereocenters. The summed E-state index contributed by atoms with van der Waals surface area (Å²) in [5, 5.41) is 1.06. The van der Waals surface area contributed by atoms with Crippen molar-refractivity contribution in [3.8, 4) is 11.3 Å². The summed E-state index contributed by atoms with van der Waals surface area (Å²) in [6, 6.07) is 16.0. The number of nitrogens with one attached hydrogen (secondary N) is 2. The normalized spacial score (nSPS) is 18.8. The van der Waals surface area contributed by atoms with Crippen LogP contribution in [0, 0.1) is 5.82 Å². The number of anilines is 3. The van der Waals surface area contributed by atoms with Crippen LogP contribution in [0.3, 0.4) is 0 Å². The molecule has 0 saturated carbocycles. The van der Waals surface area contributed by atoms with Crippen LogP contribution in [0.2, 0.25) is 0 Å². The predicted octanol–water partition coefficient (Wildman–Crippen LogP) is 4.96. The molecule has 2 aromatic heterocycles. The number of aromatic amines is 1. The van der Waals surface area contributed by atoms with Crippen LogP contribution in [0.5, 0.6) is 0 Å². The van der Waals surface area contributed by atoms with Gasteiger partial charge in [-0.05, 0) is 67.3 Å². The van der Waals surface area contributed by atoms with E-state index in [2.05, 4.69) is 60.7 Å². The zero-order valence-electron chi connectivity index (χ0n) is 21.4. The van der Waals surface area contributed by atoms with E-state index in [1.54, 1.807) is 24.3 Å². The van der Waals surface area contributed by atoms with Crippen LogP contribution in [0.25, 0.3) is 22.3 Å². The van der Waals surface area contributed by atoms with Gasteiger partial charge >= 0.3 is 0 Å². The Morgan fingerprint density at radius 1 is 1.11 bits per heavy atom. The molecule has 2 fully saturated rings. The van der Waals surface area contributed by atoms with Crippen LogP contribution in [0.1, 0.15) is 24.2 Å². The highest BCUT2D eigenvalue weighted by Crippen LogP contribution is 2.34. The van der Waals surface area contributed by atoms with Crippen molar-refractivity contribution in [1.82, 2.24) is 15.0 Å². The summed E-state index contributed by atoms with van der Waals surface area (Å²) in [5.41, 5.74) is 11.1. The van der Waals surface area contributed by atoms with E-state index in [9.17, 15) is 0 Å². The van der Waals surface area contributed by atoms with E-state index in [0.717, 1.165) is 49.5 Å². The SMILES string of the molecule is CC(SNc1ccc(-c2cc3c(N4CCOCC4)ncnc3[nH]2)c(F)c1)c1cccc(N2CC[C@@H](N)C2)c1. The number of rotatable bonds is 7. The summed E-state index contributed by atoms with van der Waals surface area (Å²) in [4.78, 5) is 16.7. The molecule has 4 heterocycles. The molecule has 38 heavy (non-hydrogen) atoms. The zero-order valence-corrected chi connectivity index (χ0v) is 22.2. The second kappa shape index (κ2) is 10.8. The highest BCUT2D eigenvalue weighted by molar-refractivity contribution is 8.00. The van der Waals surface area contributed by atoms with Crippen molar-refractivity contribution in [3.63, 3.8) is 0 Å². The third-order valence-electron chi connectivity index (χ3n) is 7.26. The maximum absolute atomic E-state index is 15.3. The Balaban J connectivity index is 1.15. The number of ether oxygens (including phenoxy) is 1. The average molecular weight is 534 g/mol. The van der Waals surface area contributed by atoms with Crippen molar-refractivity contribution in [2.45, 2.75) is 24.6 Å². The highest BCUT2D eigenvalue weighted by Gasteiger charge is 2.21. The van der Waals surface area contributed by atoms with Gasteiger partial charge in [-0.1, -0.05) is 12.1 Å². The van der Waals surface area contributed by atoms with Crippen LogP contribution in [-0.2, 0) is 4.74 Å². The van der Waals surface area contributed by atoms with E-state index in [1.165, 1.54) is 17.3 Å². The Morgan fingerprint density at radius 2 is 1.97 bits per heavy atom.